The van der Waals surface area contributed by atoms with Crippen molar-refractivity contribution in [3.63, 3.8) is 0 Å². The molecule has 0 aliphatic heterocycles. The molecule has 0 atom stereocenters. The van der Waals surface area contributed by atoms with Crippen molar-refractivity contribution in [2.75, 3.05) is 18.4 Å². The van der Waals surface area contributed by atoms with Gasteiger partial charge in [0.2, 0.25) is 5.91 Å². The normalized spacial score (nSPS) is 10.2. The third-order valence-corrected chi connectivity index (χ3v) is 2.71. The average molecular weight is 277 g/mol. The van der Waals surface area contributed by atoms with Crippen LogP contribution in [0.4, 0.5) is 10.5 Å². The maximum Gasteiger partial charge on any atom is 0.319 e. The Morgan fingerprint density at radius 2 is 1.55 bits per heavy atom. The van der Waals surface area contributed by atoms with Crippen LogP contribution in [0.2, 0.25) is 0 Å². The van der Waals surface area contributed by atoms with Gasteiger partial charge in [0.25, 0.3) is 0 Å². The van der Waals surface area contributed by atoms with E-state index in [1.807, 2.05) is 45.9 Å². The third kappa shape index (κ3) is 5.73. The van der Waals surface area contributed by atoms with Crippen molar-refractivity contribution in [2.24, 2.45) is 5.92 Å². The summed E-state index contributed by atoms with van der Waals surface area (Å²) in [5.74, 6) is -0.0550. The molecular weight excluding hydrogens is 254 g/mol. The lowest BCUT2D eigenvalue weighted by atomic mass is 10.1. The minimum absolute atomic E-state index is 0.0125. The van der Waals surface area contributed by atoms with E-state index in [-0.39, 0.29) is 17.9 Å². The van der Waals surface area contributed by atoms with Crippen molar-refractivity contribution in [3.8, 4) is 0 Å². The smallest absolute Gasteiger partial charge is 0.319 e. The molecule has 0 spiro atoms. The van der Waals surface area contributed by atoms with Crippen LogP contribution < -0.4 is 16.0 Å². The number of amides is 3. The van der Waals surface area contributed by atoms with Crippen LogP contribution in [0.1, 0.15) is 25.0 Å². The Balaban J connectivity index is 2.32. The van der Waals surface area contributed by atoms with E-state index in [9.17, 15) is 9.59 Å². The first kappa shape index (κ1) is 16.0. The van der Waals surface area contributed by atoms with Crippen LogP contribution in [0, 0.1) is 19.8 Å². The van der Waals surface area contributed by atoms with Gasteiger partial charge in [-0.2, -0.15) is 0 Å². The fraction of sp³-hybridized carbons (Fsp3) is 0.467. The second-order valence-electron chi connectivity index (χ2n) is 5.20. The standard InChI is InChI=1S/C15H23N3O2/c1-10(2)14(19)16-5-6-17-15(20)18-13-8-11(3)7-12(4)9-13/h7-10H,5-6H2,1-4H3,(H,16,19)(H2,17,18,20). The van der Waals surface area contributed by atoms with E-state index < -0.39 is 0 Å². The van der Waals surface area contributed by atoms with E-state index >= 15 is 0 Å². The molecule has 0 heterocycles. The summed E-state index contributed by atoms with van der Waals surface area (Å²) in [6, 6.07) is 5.60. The number of aryl methyl sites for hydroxylation is 2. The predicted molar refractivity (Wildman–Crippen MR) is 80.8 cm³/mol. The molecule has 0 saturated heterocycles. The number of hydrogen-bond donors (Lipinski definition) is 3. The van der Waals surface area contributed by atoms with E-state index in [1.54, 1.807) is 0 Å². The Bertz CT molecular complexity index is 464. The molecule has 0 saturated carbocycles. The van der Waals surface area contributed by atoms with Crippen molar-refractivity contribution in [1.29, 1.82) is 0 Å². The van der Waals surface area contributed by atoms with E-state index in [0.717, 1.165) is 16.8 Å². The molecule has 0 aliphatic rings. The van der Waals surface area contributed by atoms with Gasteiger partial charge in [-0.05, 0) is 37.1 Å². The molecule has 110 valence electrons. The number of carbonyl (C=O) groups is 2. The lowest BCUT2D eigenvalue weighted by Gasteiger charge is -2.10. The second kappa shape index (κ2) is 7.53. The van der Waals surface area contributed by atoms with Crippen molar-refractivity contribution in [2.45, 2.75) is 27.7 Å². The van der Waals surface area contributed by atoms with Crippen LogP contribution in [0.25, 0.3) is 0 Å². The SMILES string of the molecule is Cc1cc(C)cc(NC(=O)NCCNC(=O)C(C)C)c1. The molecule has 0 fully saturated rings. The summed E-state index contributed by atoms with van der Waals surface area (Å²) in [4.78, 5) is 23.0. The maximum atomic E-state index is 11.7. The summed E-state index contributed by atoms with van der Waals surface area (Å²) >= 11 is 0. The molecule has 1 aromatic rings. The van der Waals surface area contributed by atoms with E-state index in [0.29, 0.717) is 13.1 Å². The highest BCUT2D eigenvalue weighted by atomic mass is 16.2. The van der Waals surface area contributed by atoms with Crippen molar-refractivity contribution >= 4 is 17.6 Å². The van der Waals surface area contributed by atoms with Gasteiger partial charge in [0.05, 0.1) is 0 Å². The van der Waals surface area contributed by atoms with Gasteiger partial charge >= 0.3 is 6.03 Å². The number of urea groups is 1. The molecule has 1 aromatic carbocycles. The van der Waals surface area contributed by atoms with Gasteiger partial charge in [-0.3, -0.25) is 4.79 Å². The summed E-state index contributed by atoms with van der Waals surface area (Å²) in [6.07, 6.45) is 0. The maximum absolute atomic E-state index is 11.7. The number of carbonyl (C=O) groups excluding carboxylic acids is 2. The summed E-state index contributed by atoms with van der Waals surface area (Å²) in [5, 5.41) is 8.21. The first-order valence-corrected chi connectivity index (χ1v) is 6.79. The number of nitrogens with one attached hydrogen (secondary N) is 3. The van der Waals surface area contributed by atoms with Gasteiger partial charge in [0, 0.05) is 24.7 Å². The lowest BCUT2D eigenvalue weighted by Crippen LogP contribution is -2.38. The van der Waals surface area contributed by atoms with Crippen molar-refractivity contribution in [1.82, 2.24) is 10.6 Å². The predicted octanol–water partition coefficient (Wildman–Crippen LogP) is 2.20. The van der Waals surface area contributed by atoms with Gasteiger partial charge < -0.3 is 16.0 Å². The zero-order valence-corrected chi connectivity index (χ0v) is 12.5. The monoisotopic (exact) mass is 277 g/mol. The Labute approximate surface area is 120 Å². The molecular formula is C15H23N3O2. The lowest BCUT2D eigenvalue weighted by molar-refractivity contribution is -0.123. The van der Waals surface area contributed by atoms with E-state index in [2.05, 4.69) is 16.0 Å². The summed E-state index contributed by atoms with van der Waals surface area (Å²) in [6.45, 7) is 8.45. The average Bonchev–Trinajstić information content (AvgIpc) is 2.32. The first-order valence-electron chi connectivity index (χ1n) is 6.79. The van der Waals surface area contributed by atoms with Gasteiger partial charge in [-0.1, -0.05) is 19.9 Å². The van der Waals surface area contributed by atoms with Crippen LogP contribution in [-0.2, 0) is 4.79 Å². The highest BCUT2D eigenvalue weighted by molar-refractivity contribution is 5.89. The fourth-order valence-electron chi connectivity index (χ4n) is 1.79. The van der Waals surface area contributed by atoms with Crippen LogP contribution in [-0.4, -0.2) is 25.0 Å². The molecule has 0 aromatic heterocycles. The highest BCUT2D eigenvalue weighted by Crippen LogP contribution is 2.13. The number of rotatable bonds is 5. The molecule has 1 rings (SSSR count). The number of benzene rings is 1. The molecule has 20 heavy (non-hydrogen) atoms. The number of hydrogen-bond acceptors (Lipinski definition) is 2. The Morgan fingerprint density at radius 3 is 2.10 bits per heavy atom. The Kier molecular flexibility index (Phi) is 6.03. The van der Waals surface area contributed by atoms with Gasteiger partial charge in [0.1, 0.15) is 0 Å². The van der Waals surface area contributed by atoms with E-state index in [1.165, 1.54) is 0 Å². The van der Waals surface area contributed by atoms with Crippen molar-refractivity contribution in [3.05, 3.63) is 29.3 Å². The summed E-state index contributed by atoms with van der Waals surface area (Å²) in [7, 11) is 0. The molecule has 0 radical (unpaired) electrons. The van der Waals surface area contributed by atoms with Gasteiger partial charge in [-0.25, -0.2) is 4.79 Å². The number of anilines is 1. The quantitative estimate of drug-likeness (QED) is 0.722. The Morgan fingerprint density at radius 1 is 1.00 bits per heavy atom. The van der Waals surface area contributed by atoms with Gasteiger partial charge in [0.15, 0.2) is 0 Å². The van der Waals surface area contributed by atoms with Crippen LogP contribution >= 0.6 is 0 Å². The first-order chi connectivity index (χ1) is 9.38. The molecule has 5 heteroatoms. The molecule has 0 unspecified atom stereocenters. The highest BCUT2D eigenvalue weighted by Gasteiger charge is 2.06. The zero-order chi connectivity index (χ0) is 15.1. The van der Waals surface area contributed by atoms with Crippen molar-refractivity contribution < 1.29 is 9.59 Å². The second-order valence-corrected chi connectivity index (χ2v) is 5.20. The van der Waals surface area contributed by atoms with Gasteiger partial charge in [-0.15, -0.1) is 0 Å². The minimum Gasteiger partial charge on any atom is -0.354 e. The largest absolute Gasteiger partial charge is 0.354 e. The summed E-state index contributed by atoms with van der Waals surface area (Å²) in [5.41, 5.74) is 2.97. The van der Waals surface area contributed by atoms with Crippen LogP contribution in [0.15, 0.2) is 18.2 Å². The van der Waals surface area contributed by atoms with E-state index in [4.69, 9.17) is 0 Å². The molecule has 3 amide bonds. The Hall–Kier alpha value is -2.04. The fourth-order valence-corrected chi connectivity index (χ4v) is 1.79. The molecule has 0 bridgehead atoms. The van der Waals surface area contributed by atoms with Crippen LogP contribution in [0.5, 0.6) is 0 Å². The molecule has 3 N–H and O–H groups in total. The molecule has 5 nitrogen and oxygen atoms in total. The van der Waals surface area contributed by atoms with Crippen LogP contribution in [0.3, 0.4) is 0 Å². The topological polar surface area (TPSA) is 70.2 Å². The summed E-state index contributed by atoms with van der Waals surface area (Å²) < 4.78 is 0. The molecule has 0 aliphatic carbocycles. The minimum atomic E-state index is -0.270. The third-order valence-electron chi connectivity index (χ3n) is 2.71. The zero-order valence-electron chi connectivity index (χ0n) is 12.5.